The van der Waals surface area contributed by atoms with Crippen molar-refractivity contribution in [1.29, 1.82) is 0 Å². The summed E-state index contributed by atoms with van der Waals surface area (Å²) >= 11 is 0. The second-order valence-electron chi connectivity index (χ2n) is 5.06. The number of aryl methyl sites for hydroxylation is 2. The lowest BCUT2D eigenvalue weighted by molar-refractivity contribution is 0.242. The molecular weight excluding hydrogens is 236 g/mol. The molecule has 2 aromatic rings. The Labute approximate surface area is 113 Å². The van der Waals surface area contributed by atoms with E-state index < -0.39 is 0 Å². The Morgan fingerprint density at radius 3 is 2.79 bits per heavy atom. The van der Waals surface area contributed by atoms with E-state index in [2.05, 4.69) is 29.2 Å². The molecule has 19 heavy (non-hydrogen) atoms. The van der Waals surface area contributed by atoms with Crippen LogP contribution < -0.4 is 10.5 Å². The average molecular weight is 254 g/mol. The lowest BCUT2D eigenvalue weighted by Crippen LogP contribution is -2.24. The van der Waals surface area contributed by atoms with Crippen molar-refractivity contribution >= 4 is 0 Å². The van der Waals surface area contributed by atoms with Crippen molar-refractivity contribution in [2.45, 2.75) is 26.4 Å². The van der Waals surface area contributed by atoms with Crippen LogP contribution in [-0.4, -0.2) is 17.6 Å². The zero-order valence-electron chi connectivity index (χ0n) is 11.3. The largest absolute Gasteiger partial charge is 0.488 e. The fraction of sp³-hybridized carbons (Fsp3) is 0.312. The van der Waals surface area contributed by atoms with E-state index in [4.69, 9.17) is 10.5 Å². The molecule has 2 heterocycles. The van der Waals surface area contributed by atoms with Gasteiger partial charge in [-0.1, -0.05) is 24.3 Å². The summed E-state index contributed by atoms with van der Waals surface area (Å²) in [6, 6.07) is 10.4. The number of nitrogens with two attached hydrogens (primary N) is 1. The van der Waals surface area contributed by atoms with Gasteiger partial charge >= 0.3 is 0 Å². The Hall–Kier alpha value is -1.87. The summed E-state index contributed by atoms with van der Waals surface area (Å²) < 4.78 is 5.97. The van der Waals surface area contributed by atoms with Crippen LogP contribution in [0.25, 0.3) is 11.1 Å². The van der Waals surface area contributed by atoms with Crippen LogP contribution in [-0.2, 0) is 6.42 Å². The first-order valence-electron chi connectivity index (χ1n) is 6.62. The number of nitrogens with zero attached hydrogens (tertiary/aromatic N) is 1. The Morgan fingerprint density at radius 2 is 2.05 bits per heavy atom. The van der Waals surface area contributed by atoms with Crippen molar-refractivity contribution in [1.82, 2.24) is 4.98 Å². The molecule has 1 aromatic heterocycles. The van der Waals surface area contributed by atoms with Gasteiger partial charge in [-0.05, 0) is 25.5 Å². The Morgan fingerprint density at radius 1 is 1.21 bits per heavy atom. The maximum absolute atomic E-state index is 5.97. The molecule has 1 aliphatic rings. The van der Waals surface area contributed by atoms with Crippen LogP contribution >= 0.6 is 0 Å². The molecule has 98 valence electrons. The Kier molecular flexibility index (Phi) is 2.99. The molecule has 3 heteroatoms. The predicted molar refractivity (Wildman–Crippen MR) is 76.3 cm³/mol. The van der Waals surface area contributed by atoms with E-state index in [0.29, 0.717) is 6.54 Å². The second-order valence-corrected chi connectivity index (χ2v) is 5.06. The highest BCUT2D eigenvalue weighted by molar-refractivity contribution is 5.74. The fourth-order valence-electron chi connectivity index (χ4n) is 2.65. The van der Waals surface area contributed by atoms with Gasteiger partial charge in [-0.3, -0.25) is 4.98 Å². The average Bonchev–Trinajstić information content (AvgIpc) is 2.82. The van der Waals surface area contributed by atoms with Gasteiger partial charge in [0.25, 0.3) is 0 Å². The molecule has 0 saturated heterocycles. The lowest BCUT2D eigenvalue weighted by Gasteiger charge is -2.12. The van der Waals surface area contributed by atoms with Gasteiger partial charge in [0.05, 0.1) is 0 Å². The number of hydrogen-bond acceptors (Lipinski definition) is 3. The van der Waals surface area contributed by atoms with Crippen molar-refractivity contribution < 1.29 is 4.74 Å². The second kappa shape index (κ2) is 4.67. The van der Waals surface area contributed by atoms with Crippen LogP contribution in [0.15, 0.2) is 30.3 Å². The molecule has 3 rings (SSSR count). The minimum atomic E-state index is 0.106. The van der Waals surface area contributed by atoms with E-state index in [9.17, 15) is 0 Å². The van der Waals surface area contributed by atoms with Gasteiger partial charge in [0, 0.05) is 35.5 Å². The van der Waals surface area contributed by atoms with Crippen LogP contribution in [0.2, 0.25) is 0 Å². The highest BCUT2D eigenvalue weighted by Gasteiger charge is 2.25. The molecule has 1 unspecified atom stereocenters. The van der Waals surface area contributed by atoms with Crippen molar-refractivity contribution in [2.75, 3.05) is 6.54 Å². The van der Waals surface area contributed by atoms with Crippen molar-refractivity contribution in [2.24, 2.45) is 5.73 Å². The number of para-hydroxylation sites is 1. The molecule has 3 nitrogen and oxygen atoms in total. The topological polar surface area (TPSA) is 48.1 Å². The van der Waals surface area contributed by atoms with Gasteiger partial charge < -0.3 is 10.5 Å². The maximum atomic E-state index is 5.97. The number of aromatic nitrogens is 1. The summed E-state index contributed by atoms with van der Waals surface area (Å²) in [6.45, 7) is 4.60. The Balaban J connectivity index is 2.10. The molecule has 0 amide bonds. The van der Waals surface area contributed by atoms with Gasteiger partial charge in [-0.15, -0.1) is 0 Å². The van der Waals surface area contributed by atoms with Crippen LogP contribution in [0.5, 0.6) is 5.75 Å². The standard InChI is InChI=1S/C16H18N2O/c1-10-6-7-14(11(2)18-10)15-5-3-4-12-8-13(9-17)19-16(12)15/h3-7,13H,8-9,17H2,1-2H3. The van der Waals surface area contributed by atoms with Crippen molar-refractivity contribution in [3.8, 4) is 16.9 Å². The molecule has 0 aliphatic carbocycles. The third-order valence-corrected chi connectivity index (χ3v) is 3.61. The van der Waals surface area contributed by atoms with E-state index in [0.717, 1.165) is 34.7 Å². The number of rotatable bonds is 2. The molecule has 0 spiro atoms. The monoisotopic (exact) mass is 254 g/mol. The summed E-state index contributed by atoms with van der Waals surface area (Å²) in [4.78, 5) is 4.53. The van der Waals surface area contributed by atoms with Gasteiger partial charge in [-0.25, -0.2) is 0 Å². The SMILES string of the molecule is Cc1ccc(-c2cccc3c2OC(CN)C3)c(C)n1. The minimum absolute atomic E-state index is 0.106. The van der Waals surface area contributed by atoms with Gasteiger partial charge in [0.15, 0.2) is 0 Å². The van der Waals surface area contributed by atoms with Gasteiger partial charge in [-0.2, -0.15) is 0 Å². The number of benzene rings is 1. The third kappa shape index (κ3) is 2.10. The fourth-order valence-corrected chi connectivity index (χ4v) is 2.65. The molecule has 2 N–H and O–H groups in total. The van der Waals surface area contributed by atoms with E-state index in [1.54, 1.807) is 0 Å². The van der Waals surface area contributed by atoms with Crippen LogP contribution in [0.1, 0.15) is 17.0 Å². The molecule has 0 bridgehead atoms. The molecular formula is C16H18N2O. The Bertz CT molecular complexity index is 622. The van der Waals surface area contributed by atoms with Crippen LogP contribution in [0, 0.1) is 13.8 Å². The summed E-state index contributed by atoms with van der Waals surface area (Å²) in [5, 5.41) is 0. The highest BCUT2D eigenvalue weighted by Crippen LogP contribution is 2.39. The van der Waals surface area contributed by atoms with E-state index in [1.807, 2.05) is 19.9 Å². The highest BCUT2D eigenvalue weighted by atomic mass is 16.5. The number of pyridine rings is 1. The summed E-state index contributed by atoms with van der Waals surface area (Å²) in [7, 11) is 0. The van der Waals surface area contributed by atoms with Crippen molar-refractivity contribution in [3.63, 3.8) is 0 Å². The number of hydrogen-bond donors (Lipinski definition) is 1. The predicted octanol–water partition coefficient (Wildman–Crippen LogP) is 2.63. The quantitative estimate of drug-likeness (QED) is 0.896. The van der Waals surface area contributed by atoms with Gasteiger partial charge in [0.1, 0.15) is 11.9 Å². The molecule has 0 fully saturated rings. The number of fused-ring (bicyclic) bond motifs is 1. The first kappa shape index (κ1) is 12.2. The normalized spacial score (nSPS) is 17.1. The molecule has 0 radical (unpaired) electrons. The maximum Gasteiger partial charge on any atom is 0.131 e. The smallest absolute Gasteiger partial charge is 0.131 e. The summed E-state index contributed by atoms with van der Waals surface area (Å²) in [5.41, 5.74) is 11.3. The van der Waals surface area contributed by atoms with E-state index in [1.165, 1.54) is 5.56 Å². The number of ether oxygens (including phenoxy) is 1. The molecule has 0 saturated carbocycles. The van der Waals surface area contributed by atoms with Crippen LogP contribution in [0.3, 0.4) is 0 Å². The summed E-state index contributed by atoms with van der Waals surface area (Å²) in [6.07, 6.45) is 1.01. The molecule has 1 atom stereocenters. The van der Waals surface area contributed by atoms with Crippen LogP contribution in [0.4, 0.5) is 0 Å². The van der Waals surface area contributed by atoms with E-state index in [-0.39, 0.29) is 6.10 Å². The third-order valence-electron chi connectivity index (χ3n) is 3.61. The first-order valence-corrected chi connectivity index (χ1v) is 6.62. The molecule has 1 aromatic carbocycles. The molecule has 1 aliphatic heterocycles. The lowest BCUT2D eigenvalue weighted by atomic mass is 9.99. The van der Waals surface area contributed by atoms with Crippen molar-refractivity contribution in [3.05, 3.63) is 47.3 Å². The minimum Gasteiger partial charge on any atom is -0.488 e. The zero-order valence-corrected chi connectivity index (χ0v) is 11.3. The van der Waals surface area contributed by atoms with Gasteiger partial charge in [0.2, 0.25) is 0 Å². The first-order chi connectivity index (χ1) is 9.19. The van der Waals surface area contributed by atoms with E-state index >= 15 is 0 Å². The zero-order chi connectivity index (χ0) is 13.4. The summed E-state index contributed by atoms with van der Waals surface area (Å²) in [5.74, 6) is 0.978.